The van der Waals surface area contributed by atoms with Crippen LogP contribution < -0.4 is 5.32 Å². The van der Waals surface area contributed by atoms with Gasteiger partial charge in [-0.15, -0.1) is 4.99 Å². The van der Waals surface area contributed by atoms with E-state index in [-0.39, 0.29) is 18.0 Å². The Hall–Kier alpha value is -1.03. The summed E-state index contributed by atoms with van der Waals surface area (Å²) in [6, 6.07) is 1.69. The Balaban J connectivity index is 2.68. The zero-order valence-corrected chi connectivity index (χ0v) is 7.87. The van der Waals surface area contributed by atoms with Crippen LogP contribution in [0.5, 0.6) is 0 Å². The molecule has 5 nitrogen and oxygen atoms in total. The second-order valence-corrected chi connectivity index (χ2v) is 3.31. The van der Waals surface area contributed by atoms with Crippen molar-refractivity contribution in [2.75, 3.05) is 20.6 Å². The van der Waals surface area contributed by atoms with Gasteiger partial charge >= 0.3 is 0 Å². The minimum absolute atomic E-state index is 0.185. The van der Waals surface area contributed by atoms with Crippen molar-refractivity contribution in [1.82, 2.24) is 10.2 Å². The van der Waals surface area contributed by atoms with E-state index in [2.05, 4.69) is 10.3 Å². The van der Waals surface area contributed by atoms with E-state index in [0.717, 1.165) is 13.0 Å². The number of hydrogen-bond donors (Lipinski definition) is 2. The summed E-state index contributed by atoms with van der Waals surface area (Å²) in [5.41, 5.74) is 0. The summed E-state index contributed by atoms with van der Waals surface area (Å²) < 4.78 is 0. The lowest BCUT2D eigenvalue weighted by Gasteiger charge is -2.22. The minimum atomic E-state index is -0.300. The molecule has 1 unspecified atom stereocenters. The molecule has 0 saturated carbocycles. The normalized spacial score (nSPS) is 27.3. The van der Waals surface area contributed by atoms with Crippen LogP contribution in [0.15, 0.2) is 4.99 Å². The fraction of sp³-hybridized carbons (Fsp3) is 0.750. The van der Waals surface area contributed by atoms with E-state index < -0.39 is 0 Å². The molecule has 1 aliphatic rings. The lowest BCUT2D eigenvalue weighted by Crippen LogP contribution is -2.44. The van der Waals surface area contributed by atoms with Crippen LogP contribution in [0, 0.1) is 5.41 Å². The number of hydrogen-bond acceptors (Lipinski definition) is 4. The first-order valence-corrected chi connectivity index (χ1v) is 4.23. The van der Waals surface area contributed by atoms with Crippen LogP contribution in [0.4, 0.5) is 0 Å². The van der Waals surface area contributed by atoms with Crippen molar-refractivity contribution in [3.05, 3.63) is 0 Å². The molecule has 0 aromatic carbocycles. The maximum atomic E-state index is 11.3. The predicted octanol–water partition coefficient (Wildman–Crippen LogP) is -0.442. The Morgan fingerprint density at radius 1 is 1.69 bits per heavy atom. The Bertz CT molecular complexity index is 245. The standard InChI is InChI=1S/C8H14N4O/c1-12(2)6-3-4-10-7(6)8(13)11-5-9/h6-7,9-10H,3-4H2,1-2H3/t6?,7-/m0/s1. The third-order valence-corrected chi connectivity index (χ3v) is 2.28. The summed E-state index contributed by atoms with van der Waals surface area (Å²) in [7, 11) is 3.87. The van der Waals surface area contributed by atoms with Crippen molar-refractivity contribution in [2.45, 2.75) is 18.5 Å². The van der Waals surface area contributed by atoms with E-state index in [1.54, 1.807) is 6.01 Å². The fourth-order valence-corrected chi connectivity index (χ4v) is 1.62. The lowest BCUT2D eigenvalue weighted by molar-refractivity contribution is -0.120. The van der Waals surface area contributed by atoms with Crippen molar-refractivity contribution in [3.8, 4) is 0 Å². The van der Waals surface area contributed by atoms with Crippen molar-refractivity contribution in [1.29, 1.82) is 5.41 Å². The zero-order chi connectivity index (χ0) is 9.84. The molecule has 13 heavy (non-hydrogen) atoms. The van der Waals surface area contributed by atoms with Crippen LogP contribution in [0.2, 0.25) is 0 Å². The van der Waals surface area contributed by atoms with E-state index >= 15 is 0 Å². The monoisotopic (exact) mass is 182 g/mol. The molecule has 0 aromatic heterocycles. The van der Waals surface area contributed by atoms with Gasteiger partial charge in [-0.05, 0) is 27.1 Å². The molecule has 1 saturated heterocycles. The molecule has 5 heteroatoms. The van der Waals surface area contributed by atoms with Gasteiger partial charge < -0.3 is 10.2 Å². The van der Waals surface area contributed by atoms with Gasteiger partial charge in [-0.25, -0.2) is 5.41 Å². The highest BCUT2D eigenvalue weighted by atomic mass is 16.1. The first-order valence-electron chi connectivity index (χ1n) is 4.23. The molecular formula is C8H14N4O. The highest BCUT2D eigenvalue weighted by molar-refractivity contribution is 5.87. The third-order valence-electron chi connectivity index (χ3n) is 2.28. The molecule has 1 amide bonds. The molecule has 0 spiro atoms. The fourth-order valence-electron chi connectivity index (χ4n) is 1.62. The van der Waals surface area contributed by atoms with E-state index in [9.17, 15) is 4.79 Å². The van der Waals surface area contributed by atoms with Crippen LogP contribution in [0.1, 0.15) is 6.42 Å². The summed E-state index contributed by atoms with van der Waals surface area (Å²) in [5.74, 6) is -0.300. The molecule has 72 valence electrons. The number of amides is 1. The molecule has 1 fully saturated rings. The smallest absolute Gasteiger partial charge is 0.273 e. The zero-order valence-electron chi connectivity index (χ0n) is 7.87. The van der Waals surface area contributed by atoms with Crippen LogP contribution >= 0.6 is 0 Å². The van der Waals surface area contributed by atoms with Crippen LogP contribution in [-0.2, 0) is 4.79 Å². The number of nitrogens with one attached hydrogen (secondary N) is 2. The molecule has 0 aromatic rings. The van der Waals surface area contributed by atoms with Gasteiger partial charge in [-0.2, -0.15) is 0 Å². The molecule has 0 aliphatic carbocycles. The van der Waals surface area contributed by atoms with E-state index in [1.807, 2.05) is 19.0 Å². The number of carbonyl (C=O) groups excluding carboxylic acids is 1. The molecule has 2 atom stereocenters. The van der Waals surface area contributed by atoms with Gasteiger partial charge in [0.25, 0.3) is 5.91 Å². The number of aliphatic imine (C=N–C) groups is 1. The van der Waals surface area contributed by atoms with Gasteiger partial charge in [-0.3, -0.25) is 4.79 Å². The van der Waals surface area contributed by atoms with Crippen LogP contribution in [-0.4, -0.2) is 49.5 Å². The second-order valence-electron chi connectivity index (χ2n) is 3.31. The van der Waals surface area contributed by atoms with Gasteiger partial charge in [0.05, 0.1) is 6.01 Å². The van der Waals surface area contributed by atoms with E-state index in [0.29, 0.717) is 0 Å². The van der Waals surface area contributed by atoms with Crippen molar-refractivity contribution in [2.24, 2.45) is 4.99 Å². The molecular weight excluding hydrogens is 168 g/mol. The summed E-state index contributed by atoms with van der Waals surface area (Å²) in [5, 5.41) is 9.66. The molecule has 1 rings (SSSR count). The van der Waals surface area contributed by atoms with Gasteiger partial charge in [0.1, 0.15) is 6.04 Å². The molecule has 1 aliphatic heterocycles. The second kappa shape index (κ2) is 4.28. The number of likely N-dealkylation sites (N-methyl/N-ethyl adjacent to an activating group) is 1. The summed E-state index contributed by atoms with van der Waals surface area (Å²) in [6.45, 7) is 0.826. The first-order chi connectivity index (χ1) is 6.16. The number of nitrogens with zero attached hydrogens (tertiary/aromatic N) is 2. The van der Waals surface area contributed by atoms with E-state index in [4.69, 9.17) is 5.41 Å². The maximum Gasteiger partial charge on any atom is 0.273 e. The van der Waals surface area contributed by atoms with Crippen molar-refractivity contribution < 1.29 is 4.79 Å². The van der Waals surface area contributed by atoms with Gasteiger partial charge in [-0.1, -0.05) is 0 Å². The number of carbonyl (C=O) groups is 1. The van der Waals surface area contributed by atoms with Crippen LogP contribution in [0.3, 0.4) is 0 Å². The average molecular weight is 182 g/mol. The average Bonchev–Trinajstić information content (AvgIpc) is 2.52. The molecule has 0 radical (unpaired) electrons. The lowest BCUT2D eigenvalue weighted by atomic mass is 10.1. The predicted molar refractivity (Wildman–Crippen MR) is 49.0 cm³/mol. The molecule has 2 N–H and O–H groups in total. The Kier molecular flexibility index (Phi) is 3.31. The largest absolute Gasteiger partial charge is 0.304 e. The summed E-state index contributed by atoms with van der Waals surface area (Å²) in [6.07, 6.45) is 0.941. The summed E-state index contributed by atoms with van der Waals surface area (Å²) in [4.78, 5) is 16.7. The van der Waals surface area contributed by atoms with Gasteiger partial charge in [0.15, 0.2) is 0 Å². The third kappa shape index (κ3) is 2.21. The first kappa shape index (κ1) is 10.1. The minimum Gasteiger partial charge on any atom is -0.304 e. The van der Waals surface area contributed by atoms with E-state index in [1.165, 1.54) is 0 Å². The Morgan fingerprint density at radius 2 is 2.38 bits per heavy atom. The SMILES string of the molecule is CN(C)C1CCN[C@@H]1C(=O)N=C=N. The topological polar surface area (TPSA) is 68.6 Å². The molecule has 1 heterocycles. The highest BCUT2D eigenvalue weighted by Gasteiger charge is 2.33. The van der Waals surface area contributed by atoms with Crippen LogP contribution in [0.25, 0.3) is 0 Å². The Morgan fingerprint density at radius 3 is 2.92 bits per heavy atom. The molecule has 0 bridgehead atoms. The van der Waals surface area contributed by atoms with Gasteiger partial charge in [0.2, 0.25) is 0 Å². The van der Waals surface area contributed by atoms with Gasteiger partial charge in [0, 0.05) is 6.04 Å². The Labute approximate surface area is 77.3 Å². The quantitative estimate of drug-likeness (QED) is 0.569. The maximum absolute atomic E-state index is 11.3. The van der Waals surface area contributed by atoms with Crippen molar-refractivity contribution >= 4 is 11.9 Å². The summed E-state index contributed by atoms with van der Waals surface area (Å²) >= 11 is 0. The number of rotatable bonds is 2. The highest BCUT2D eigenvalue weighted by Crippen LogP contribution is 2.12. The van der Waals surface area contributed by atoms with Crippen molar-refractivity contribution in [3.63, 3.8) is 0 Å².